The molecule has 0 unspecified atom stereocenters. The van der Waals surface area contributed by atoms with Crippen LogP contribution in [0.1, 0.15) is 36.6 Å². The molecule has 7 nitrogen and oxygen atoms in total. The zero-order chi connectivity index (χ0) is 21.7. The Morgan fingerprint density at radius 1 is 1.06 bits per heavy atom. The first-order valence-electron chi connectivity index (χ1n) is 10.4. The summed E-state index contributed by atoms with van der Waals surface area (Å²) in [6.07, 6.45) is 3.25. The predicted molar refractivity (Wildman–Crippen MR) is 113 cm³/mol. The van der Waals surface area contributed by atoms with Crippen molar-refractivity contribution in [2.24, 2.45) is 0 Å². The zero-order valence-corrected chi connectivity index (χ0v) is 16.9. The van der Waals surface area contributed by atoms with Gasteiger partial charge < -0.3 is 9.72 Å². The summed E-state index contributed by atoms with van der Waals surface area (Å²) in [7, 11) is 0. The van der Waals surface area contributed by atoms with Crippen LogP contribution in [-0.4, -0.2) is 29.8 Å². The highest BCUT2D eigenvalue weighted by Gasteiger charge is 2.26. The van der Waals surface area contributed by atoms with Crippen LogP contribution in [0.3, 0.4) is 0 Å². The Morgan fingerprint density at radius 2 is 1.94 bits per heavy atom. The maximum Gasteiger partial charge on any atom is 0.235 e. The Morgan fingerprint density at radius 3 is 2.72 bits per heavy atom. The van der Waals surface area contributed by atoms with E-state index in [2.05, 4.69) is 25.3 Å². The molecule has 6 rings (SSSR count). The van der Waals surface area contributed by atoms with Gasteiger partial charge in [0.05, 0.1) is 16.6 Å². The Balaban J connectivity index is 1.40. The molecule has 9 heteroatoms. The molecule has 160 valence electrons. The molecule has 1 saturated carbocycles. The van der Waals surface area contributed by atoms with Gasteiger partial charge >= 0.3 is 0 Å². The Bertz CT molecular complexity index is 1420. The molecule has 32 heavy (non-hydrogen) atoms. The summed E-state index contributed by atoms with van der Waals surface area (Å²) >= 11 is 0. The van der Waals surface area contributed by atoms with Crippen molar-refractivity contribution in [1.82, 2.24) is 29.8 Å². The van der Waals surface area contributed by atoms with E-state index in [1.54, 1.807) is 0 Å². The van der Waals surface area contributed by atoms with Crippen molar-refractivity contribution in [3.63, 3.8) is 0 Å². The maximum atomic E-state index is 14.4. The van der Waals surface area contributed by atoms with Crippen molar-refractivity contribution in [2.75, 3.05) is 0 Å². The van der Waals surface area contributed by atoms with Crippen molar-refractivity contribution in [2.45, 2.75) is 31.8 Å². The topological polar surface area (TPSA) is 81.0 Å². The number of aromatic nitrogens is 6. The summed E-state index contributed by atoms with van der Waals surface area (Å²) in [5.74, 6) is 0.253. The number of nitrogens with one attached hydrogen (secondary N) is 1. The number of rotatable bonds is 5. The van der Waals surface area contributed by atoms with Gasteiger partial charge in [-0.25, -0.2) is 13.8 Å². The third-order valence-corrected chi connectivity index (χ3v) is 5.89. The van der Waals surface area contributed by atoms with E-state index < -0.39 is 11.6 Å². The van der Waals surface area contributed by atoms with Gasteiger partial charge in [-0.3, -0.25) is 0 Å². The number of imidazole rings is 1. The first-order valence-corrected chi connectivity index (χ1v) is 10.4. The van der Waals surface area contributed by atoms with Crippen molar-refractivity contribution in [1.29, 1.82) is 0 Å². The van der Waals surface area contributed by atoms with Crippen LogP contribution in [0.4, 0.5) is 8.78 Å². The summed E-state index contributed by atoms with van der Waals surface area (Å²) in [4.78, 5) is 7.79. The Kier molecular flexibility index (Phi) is 4.34. The monoisotopic (exact) mass is 432 g/mol. The SMILES string of the molecule is Fc1ccc(-c2nnc3cc(C4CCC4)c(OCc4nc5ccccc5[nH]4)nn23)c(F)c1. The van der Waals surface area contributed by atoms with Crippen LogP contribution in [0.5, 0.6) is 5.88 Å². The van der Waals surface area contributed by atoms with Crippen molar-refractivity contribution >= 4 is 16.7 Å². The van der Waals surface area contributed by atoms with Gasteiger partial charge in [0.2, 0.25) is 5.88 Å². The van der Waals surface area contributed by atoms with Crippen LogP contribution >= 0.6 is 0 Å². The smallest absolute Gasteiger partial charge is 0.235 e. The maximum absolute atomic E-state index is 14.4. The van der Waals surface area contributed by atoms with Crippen molar-refractivity contribution < 1.29 is 13.5 Å². The Labute approximate surface area is 181 Å². The van der Waals surface area contributed by atoms with Crippen LogP contribution in [0.15, 0.2) is 48.5 Å². The number of hydrogen-bond acceptors (Lipinski definition) is 5. The van der Waals surface area contributed by atoms with Crippen LogP contribution in [0.25, 0.3) is 28.1 Å². The highest BCUT2D eigenvalue weighted by molar-refractivity contribution is 5.74. The van der Waals surface area contributed by atoms with E-state index in [0.29, 0.717) is 23.3 Å². The minimum atomic E-state index is -0.728. The number of aromatic amines is 1. The third-order valence-electron chi connectivity index (χ3n) is 5.89. The van der Waals surface area contributed by atoms with Gasteiger partial charge in [-0.15, -0.1) is 15.3 Å². The summed E-state index contributed by atoms with van der Waals surface area (Å²) in [5, 5.41) is 12.9. The number of para-hydroxylation sites is 2. The van der Waals surface area contributed by atoms with Gasteiger partial charge in [0.15, 0.2) is 11.5 Å². The molecule has 1 aliphatic carbocycles. The molecule has 0 aliphatic heterocycles. The van der Waals surface area contributed by atoms with Crippen LogP contribution < -0.4 is 4.74 Å². The molecule has 0 radical (unpaired) electrons. The average Bonchev–Trinajstić information content (AvgIpc) is 3.34. The van der Waals surface area contributed by atoms with Crippen LogP contribution in [0.2, 0.25) is 0 Å². The normalized spacial score (nSPS) is 14.2. The van der Waals surface area contributed by atoms with Crippen LogP contribution in [0, 0.1) is 11.6 Å². The number of benzene rings is 2. The zero-order valence-electron chi connectivity index (χ0n) is 16.9. The van der Waals surface area contributed by atoms with Gasteiger partial charge in [0.25, 0.3) is 0 Å². The Hall–Kier alpha value is -3.88. The first-order chi connectivity index (χ1) is 15.7. The van der Waals surface area contributed by atoms with Gasteiger partial charge in [0, 0.05) is 11.6 Å². The van der Waals surface area contributed by atoms with Crippen molar-refractivity contribution in [3.8, 4) is 17.3 Å². The van der Waals surface area contributed by atoms with E-state index in [1.165, 1.54) is 16.6 Å². The molecule has 0 saturated heterocycles. The van der Waals surface area contributed by atoms with Gasteiger partial charge in [-0.2, -0.15) is 4.52 Å². The van der Waals surface area contributed by atoms with E-state index in [4.69, 9.17) is 4.74 Å². The second-order valence-electron chi connectivity index (χ2n) is 7.94. The van der Waals surface area contributed by atoms with E-state index in [9.17, 15) is 8.78 Å². The average molecular weight is 432 g/mol. The third kappa shape index (κ3) is 3.17. The quantitative estimate of drug-likeness (QED) is 0.432. The number of fused-ring (bicyclic) bond motifs is 2. The molecule has 0 bridgehead atoms. The number of H-pyrrole nitrogens is 1. The second kappa shape index (κ2) is 7.37. The van der Waals surface area contributed by atoms with E-state index in [0.717, 1.165) is 41.9 Å². The lowest BCUT2D eigenvalue weighted by Gasteiger charge is -2.26. The molecule has 0 spiro atoms. The molecule has 2 aromatic carbocycles. The summed E-state index contributed by atoms with van der Waals surface area (Å²) < 4.78 is 35.3. The molecular weight excluding hydrogens is 414 g/mol. The fraction of sp³-hybridized carbons (Fsp3) is 0.217. The lowest BCUT2D eigenvalue weighted by molar-refractivity contribution is 0.270. The molecule has 1 fully saturated rings. The molecule has 1 N–H and O–H groups in total. The molecular formula is C23H18F2N6O. The van der Waals surface area contributed by atoms with Crippen LogP contribution in [-0.2, 0) is 6.61 Å². The lowest BCUT2D eigenvalue weighted by atomic mass is 9.80. The molecule has 0 atom stereocenters. The number of ether oxygens (including phenoxy) is 1. The number of halogens is 2. The fourth-order valence-corrected chi connectivity index (χ4v) is 4.00. The minimum Gasteiger partial charge on any atom is -0.468 e. The van der Waals surface area contributed by atoms with Gasteiger partial charge in [-0.05, 0) is 49.1 Å². The van der Waals surface area contributed by atoms with E-state index in [1.807, 2.05) is 30.3 Å². The molecule has 3 aromatic heterocycles. The standard InChI is InChI=1S/C23H18F2N6O/c24-14-8-9-15(17(25)10-14)22-29-28-21-11-16(13-4-3-5-13)23(30-31(21)22)32-12-20-26-18-6-1-2-7-19(18)27-20/h1-2,6-11,13H,3-5,12H2,(H,26,27). The summed E-state index contributed by atoms with van der Waals surface area (Å²) in [6, 6.07) is 13.0. The van der Waals surface area contributed by atoms with Crippen molar-refractivity contribution in [3.05, 3.63) is 71.6 Å². The largest absolute Gasteiger partial charge is 0.468 e. The van der Waals surface area contributed by atoms with E-state index in [-0.39, 0.29) is 18.0 Å². The molecule has 1 aliphatic rings. The highest BCUT2D eigenvalue weighted by Crippen LogP contribution is 2.41. The molecule has 0 amide bonds. The lowest BCUT2D eigenvalue weighted by Crippen LogP contribution is -2.14. The van der Waals surface area contributed by atoms with Gasteiger partial charge in [0.1, 0.15) is 24.1 Å². The summed E-state index contributed by atoms with van der Waals surface area (Å²) in [6.45, 7) is 0.204. The minimum absolute atomic E-state index is 0.117. The fourth-order valence-electron chi connectivity index (χ4n) is 4.00. The highest BCUT2D eigenvalue weighted by atomic mass is 19.1. The number of nitrogens with zero attached hydrogens (tertiary/aromatic N) is 5. The second-order valence-corrected chi connectivity index (χ2v) is 7.94. The molecule has 3 heterocycles. The summed E-state index contributed by atoms with van der Waals surface area (Å²) in [5.41, 5.74) is 3.36. The predicted octanol–water partition coefficient (Wildman–Crippen LogP) is 4.79. The molecule has 5 aromatic rings. The first kappa shape index (κ1) is 18.9. The van der Waals surface area contributed by atoms with Gasteiger partial charge in [-0.1, -0.05) is 18.6 Å². The van der Waals surface area contributed by atoms with E-state index >= 15 is 0 Å². The number of hydrogen-bond donors (Lipinski definition) is 1.